The summed E-state index contributed by atoms with van der Waals surface area (Å²) in [5, 5.41) is 7.56. The maximum Gasteiger partial charge on any atom is 0.261 e. The van der Waals surface area contributed by atoms with Crippen LogP contribution in [0.5, 0.6) is 5.75 Å². The zero-order valence-electron chi connectivity index (χ0n) is 14.7. The fourth-order valence-electron chi connectivity index (χ4n) is 2.40. The largest absolute Gasteiger partial charge is 0.492 e. The van der Waals surface area contributed by atoms with E-state index in [1.54, 1.807) is 18.2 Å². The highest BCUT2D eigenvalue weighted by molar-refractivity contribution is 7.12. The molecule has 0 saturated carbocycles. The third kappa shape index (κ3) is 5.69. The Morgan fingerprint density at radius 1 is 0.852 bits per heavy atom. The van der Waals surface area contributed by atoms with Crippen molar-refractivity contribution in [1.29, 1.82) is 0 Å². The minimum atomic E-state index is -0.152. The second-order valence-electron chi connectivity index (χ2n) is 5.77. The number of para-hydroxylation sites is 1. The summed E-state index contributed by atoms with van der Waals surface area (Å²) in [7, 11) is 0. The molecule has 2 amide bonds. The lowest BCUT2D eigenvalue weighted by Gasteiger charge is -2.08. The Morgan fingerprint density at radius 3 is 2.33 bits per heavy atom. The lowest BCUT2D eigenvalue weighted by Crippen LogP contribution is -2.28. The molecule has 0 aliphatic rings. The number of amides is 2. The molecule has 0 aliphatic heterocycles. The van der Waals surface area contributed by atoms with E-state index in [4.69, 9.17) is 4.74 Å². The molecule has 0 saturated heterocycles. The molecule has 0 radical (unpaired) electrons. The summed E-state index contributed by atoms with van der Waals surface area (Å²) in [4.78, 5) is 24.8. The predicted octanol–water partition coefficient (Wildman–Crippen LogP) is 3.49. The Hall–Kier alpha value is -3.12. The molecule has 2 N–H and O–H groups in total. The number of benzene rings is 2. The first kappa shape index (κ1) is 18.7. The quantitative estimate of drug-likeness (QED) is 0.588. The first-order valence-electron chi connectivity index (χ1n) is 8.59. The predicted molar refractivity (Wildman–Crippen MR) is 106 cm³/mol. The molecule has 5 nitrogen and oxygen atoms in total. The molecular weight excluding hydrogens is 360 g/mol. The van der Waals surface area contributed by atoms with E-state index in [0.717, 1.165) is 11.3 Å². The van der Waals surface area contributed by atoms with E-state index in [1.807, 2.05) is 53.9 Å². The van der Waals surface area contributed by atoms with Crippen LogP contribution in [0.2, 0.25) is 0 Å². The van der Waals surface area contributed by atoms with Gasteiger partial charge in [0, 0.05) is 12.1 Å². The molecule has 3 aromatic rings. The molecule has 3 rings (SSSR count). The van der Waals surface area contributed by atoms with Crippen LogP contribution in [0.4, 0.5) is 0 Å². The van der Waals surface area contributed by atoms with Crippen LogP contribution in [0, 0.1) is 0 Å². The van der Waals surface area contributed by atoms with Crippen molar-refractivity contribution in [2.45, 2.75) is 6.54 Å². The van der Waals surface area contributed by atoms with E-state index >= 15 is 0 Å². The molecular formula is C21H20N2O3S. The summed E-state index contributed by atoms with van der Waals surface area (Å²) in [5.74, 6) is 0.534. The molecule has 0 unspecified atom stereocenters. The second kappa shape index (κ2) is 9.54. The van der Waals surface area contributed by atoms with Gasteiger partial charge in [-0.2, -0.15) is 0 Å². The first-order valence-corrected chi connectivity index (χ1v) is 9.47. The van der Waals surface area contributed by atoms with Crippen LogP contribution in [0.25, 0.3) is 0 Å². The van der Waals surface area contributed by atoms with Crippen LogP contribution in [0.15, 0.2) is 72.1 Å². The van der Waals surface area contributed by atoms with E-state index in [0.29, 0.717) is 30.1 Å². The van der Waals surface area contributed by atoms with Crippen molar-refractivity contribution in [1.82, 2.24) is 10.6 Å². The van der Waals surface area contributed by atoms with E-state index < -0.39 is 0 Å². The first-order chi connectivity index (χ1) is 13.2. The van der Waals surface area contributed by atoms with Gasteiger partial charge in [-0.05, 0) is 41.3 Å². The van der Waals surface area contributed by atoms with Crippen molar-refractivity contribution in [3.05, 3.63) is 88.1 Å². The smallest absolute Gasteiger partial charge is 0.261 e. The van der Waals surface area contributed by atoms with Crippen molar-refractivity contribution < 1.29 is 14.3 Å². The molecule has 1 heterocycles. The van der Waals surface area contributed by atoms with Crippen LogP contribution in [0.3, 0.4) is 0 Å². The highest BCUT2D eigenvalue weighted by Crippen LogP contribution is 2.10. The summed E-state index contributed by atoms with van der Waals surface area (Å²) < 4.78 is 5.54. The maximum atomic E-state index is 12.2. The normalized spacial score (nSPS) is 10.2. The molecule has 0 aliphatic carbocycles. The van der Waals surface area contributed by atoms with Gasteiger partial charge in [0.05, 0.1) is 11.4 Å². The van der Waals surface area contributed by atoms with Gasteiger partial charge in [-0.3, -0.25) is 9.59 Å². The fourth-order valence-corrected chi connectivity index (χ4v) is 3.04. The summed E-state index contributed by atoms with van der Waals surface area (Å²) in [6, 6.07) is 20.3. The molecule has 1 aromatic heterocycles. The lowest BCUT2D eigenvalue weighted by atomic mass is 10.1. The Kier molecular flexibility index (Phi) is 6.60. The Bertz CT molecular complexity index is 862. The Morgan fingerprint density at radius 2 is 1.63 bits per heavy atom. The third-order valence-electron chi connectivity index (χ3n) is 3.81. The average Bonchev–Trinajstić information content (AvgIpc) is 3.25. The molecule has 0 bridgehead atoms. The second-order valence-corrected chi connectivity index (χ2v) is 6.72. The van der Waals surface area contributed by atoms with E-state index in [1.165, 1.54) is 11.3 Å². The summed E-state index contributed by atoms with van der Waals surface area (Å²) in [6.07, 6.45) is 0. The fraction of sp³-hybridized carbons (Fsp3) is 0.143. The molecule has 138 valence electrons. The topological polar surface area (TPSA) is 67.4 Å². The van der Waals surface area contributed by atoms with Gasteiger partial charge in [-0.15, -0.1) is 11.3 Å². The van der Waals surface area contributed by atoms with Crippen molar-refractivity contribution in [2.24, 2.45) is 0 Å². The van der Waals surface area contributed by atoms with Crippen molar-refractivity contribution >= 4 is 23.2 Å². The SMILES string of the molecule is O=C(NCCOc1ccccc1)c1ccc(CNC(=O)c2cccs2)cc1. The zero-order chi connectivity index (χ0) is 18.9. The van der Waals surface area contributed by atoms with Gasteiger partial charge in [-0.1, -0.05) is 36.4 Å². The van der Waals surface area contributed by atoms with Gasteiger partial charge < -0.3 is 15.4 Å². The molecule has 0 spiro atoms. The van der Waals surface area contributed by atoms with Gasteiger partial charge in [0.15, 0.2) is 0 Å². The van der Waals surface area contributed by atoms with Crippen molar-refractivity contribution in [2.75, 3.05) is 13.2 Å². The van der Waals surface area contributed by atoms with Crippen molar-refractivity contribution in [3.8, 4) is 5.75 Å². The van der Waals surface area contributed by atoms with Crippen LogP contribution in [-0.4, -0.2) is 25.0 Å². The maximum absolute atomic E-state index is 12.2. The van der Waals surface area contributed by atoms with E-state index in [9.17, 15) is 9.59 Å². The zero-order valence-corrected chi connectivity index (χ0v) is 15.5. The number of hydrogen-bond acceptors (Lipinski definition) is 4. The van der Waals surface area contributed by atoms with Gasteiger partial charge in [0.2, 0.25) is 0 Å². The number of rotatable bonds is 8. The van der Waals surface area contributed by atoms with Crippen LogP contribution in [0.1, 0.15) is 25.6 Å². The summed E-state index contributed by atoms with van der Waals surface area (Å²) in [6.45, 7) is 1.25. The molecule has 27 heavy (non-hydrogen) atoms. The van der Waals surface area contributed by atoms with Crippen LogP contribution in [-0.2, 0) is 6.54 Å². The van der Waals surface area contributed by atoms with Gasteiger partial charge in [0.1, 0.15) is 12.4 Å². The molecule has 0 atom stereocenters. The van der Waals surface area contributed by atoms with Crippen molar-refractivity contribution in [3.63, 3.8) is 0 Å². The lowest BCUT2D eigenvalue weighted by molar-refractivity contribution is 0.0941. The minimum Gasteiger partial charge on any atom is -0.492 e. The Balaban J connectivity index is 1.41. The third-order valence-corrected chi connectivity index (χ3v) is 4.68. The number of thiophene rings is 1. The summed E-state index contributed by atoms with van der Waals surface area (Å²) in [5.41, 5.74) is 1.51. The summed E-state index contributed by atoms with van der Waals surface area (Å²) >= 11 is 1.41. The molecule has 2 aromatic carbocycles. The van der Waals surface area contributed by atoms with E-state index in [2.05, 4.69) is 10.6 Å². The molecule has 6 heteroatoms. The number of nitrogens with one attached hydrogen (secondary N) is 2. The average molecular weight is 380 g/mol. The molecule has 0 fully saturated rings. The highest BCUT2D eigenvalue weighted by atomic mass is 32.1. The van der Waals surface area contributed by atoms with E-state index in [-0.39, 0.29) is 11.8 Å². The van der Waals surface area contributed by atoms with Crippen LogP contribution < -0.4 is 15.4 Å². The number of carbonyl (C=O) groups excluding carboxylic acids is 2. The minimum absolute atomic E-state index is 0.0924. The number of carbonyl (C=O) groups is 2. The Labute approximate surface area is 162 Å². The van der Waals surface area contributed by atoms with Gasteiger partial charge in [-0.25, -0.2) is 0 Å². The number of ether oxygens (including phenoxy) is 1. The number of hydrogen-bond donors (Lipinski definition) is 2. The standard InChI is InChI=1S/C21H20N2O3S/c24-20(22-12-13-26-18-5-2-1-3-6-18)17-10-8-16(9-11-17)15-23-21(25)19-7-4-14-27-19/h1-11,14H,12-13,15H2,(H,22,24)(H,23,25). The highest BCUT2D eigenvalue weighted by Gasteiger charge is 2.07. The van der Waals surface area contributed by atoms with Crippen LogP contribution >= 0.6 is 11.3 Å². The van der Waals surface area contributed by atoms with Gasteiger partial charge >= 0.3 is 0 Å². The van der Waals surface area contributed by atoms with Gasteiger partial charge in [0.25, 0.3) is 11.8 Å². The monoisotopic (exact) mass is 380 g/mol.